The number of aryl methyl sites for hydroxylation is 2. The van der Waals surface area contributed by atoms with Crippen molar-refractivity contribution in [1.29, 1.82) is 0 Å². The van der Waals surface area contributed by atoms with E-state index in [1.807, 2.05) is 27.7 Å². The van der Waals surface area contributed by atoms with E-state index in [2.05, 4.69) is 107 Å². The molecule has 0 aliphatic rings. The number of aliphatic hydroxyl groups excluding tert-OH is 1. The molecule has 2 heterocycles. The molecule has 2 aromatic heterocycles. The van der Waals surface area contributed by atoms with Crippen LogP contribution >= 0.6 is 11.3 Å². The third-order valence-corrected chi connectivity index (χ3v) is 11.1. The zero-order valence-electron chi connectivity index (χ0n) is 32.2. The van der Waals surface area contributed by atoms with Crippen molar-refractivity contribution in [3.05, 3.63) is 108 Å². The Morgan fingerprint density at radius 3 is 2.17 bits per heavy atom. The maximum atomic E-state index is 11.7. The zero-order chi connectivity index (χ0) is 36.9. The van der Waals surface area contributed by atoms with Gasteiger partial charge >= 0.3 is 0 Å². The van der Waals surface area contributed by atoms with Gasteiger partial charge < -0.3 is 5.11 Å². The van der Waals surface area contributed by atoms with Gasteiger partial charge in [0.2, 0.25) is 0 Å². The Balaban J connectivity index is 0.000000323. The number of carbonyl (C=O) groups excluding carboxylic acids is 1. The number of ketones is 1. The molecule has 0 aliphatic heterocycles. The molecule has 0 saturated heterocycles. The largest absolute Gasteiger partial charge is 0.512 e. The van der Waals surface area contributed by atoms with Gasteiger partial charge in [-0.05, 0) is 91.3 Å². The molecule has 0 bridgehead atoms. The van der Waals surface area contributed by atoms with Gasteiger partial charge in [0, 0.05) is 58.5 Å². The van der Waals surface area contributed by atoms with Crippen molar-refractivity contribution in [1.82, 2.24) is 9.97 Å². The van der Waals surface area contributed by atoms with Crippen LogP contribution in [0.25, 0.3) is 53.5 Å². The second kappa shape index (κ2) is 17.9. The van der Waals surface area contributed by atoms with Gasteiger partial charge in [0.25, 0.3) is 0 Å². The molecule has 0 fully saturated rings. The quantitative estimate of drug-likeness (QED) is 0.0845. The fourth-order valence-electron chi connectivity index (χ4n) is 7.00. The van der Waals surface area contributed by atoms with Crippen LogP contribution in [0.2, 0.25) is 0 Å². The van der Waals surface area contributed by atoms with E-state index >= 15 is 0 Å². The molecule has 275 valence electrons. The smallest absolute Gasteiger partial charge is 0.162 e. The number of carbonyl (C=O) groups is 1. The fraction of sp³-hybridized carbons (Fsp3) is 0.370. The van der Waals surface area contributed by atoms with E-state index < -0.39 is 0 Å². The molecule has 1 N–H and O–H groups in total. The van der Waals surface area contributed by atoms with Gasteiger partial charge in [-0.1, -0.05) is 95.8 Å². The van der Waals surface area contributed by atoms with Crippen LogP contribution in [-0.2, 0) is 31.3 Å². The molecule has 0 atom stereocenters. The first kappa shape index (κ1) is 41.1. The summed E-state index contributed by atoms with van der Waals surface area (Å²) in [6.45, 7) is 19.4. The van der Waals surface area contributed by atoms with Crippen LogP contribution < -0.4 is 0 Å². The Labute approximate surface area is 328 Å². The molecule has 52 heavy (non-hydrogen) atoms. The summed E-state index contributed by atoms with van der Waals surface area (Å²) in [5.41, 5.74) is 9.85. The van der Waals surface area contributed by atoms with Crippen molar-refractivity contribution in [3.63, 3.8) is 0 Å². The van der Waals surface area contributed by atoms with E-state index in [-0.39, 0.29) is 48.9 Å². The van der Waals surface area contributed by atoms with E-state index in [0.717, 1.165) is 59.0 Å². The first-order valence-corrected chi connectivity index (χ1v) is 19.3. The van der Waals surface area contributed by atoms with Crippen LogP contribution in [0.5, 0.6) is 0 Å². The summed E-state index contributed by atoms with van der Waals surface area (Å²) in [5.74, 6) is 0.547. The summed E-state index contributed by atoms with van der Waals surface area (Å²) in [5, 5.41) is 13.2. The van der Waals surface area contributed by atoms with Crippen LogP contribution in [-0.4, -0.2) is 20.9 Å². The predicted octanol–water partition coefficient (Wildman–Crippen LogP) is 13.2. The molecule has 0 unspecified atom stereocenters. The molecule has 0 aliphatic carbocycles. The number of hydrogen-bond donors (Lipinski definition) is 1. The molecule has 1 radical (unpaired) electrons. The number of hydrogen-bond acceptors (Lipinski definition) is 5. The minimum absolute atomic E-state index is 0. The first-order chi connectivity index (χ1) is 24.4. The van der Waals surface area contributed by atoms with E-state index in [1.165, 1.54) is 49.4 Å². The fourth-order valence-corrected chi connectivity index (χ4v) is 8.18. The summed E-state index contributed by atoms with van der Waals surface area (Å²) in [7, 11) is 0. The summed E-state index contributed by atoms with van der Waals surface area (Å²) < 4.78 is 2.36. The number of rotatable bonds is 10. The Morgan fingerprint density at radius 1 is 0.846 bits per heavy atom. The van der Waals surface area contributed by atoms with Crippen LogP contribution in [0.4, 0.5) is 0 Å². The van der Waals surface area contributed by atoms with Gasteiger partial charge in [-0.25, -0.2) is 4.98 Å². The van der Waals surface area contributed by atoms with Gasteiger partial charge in [0.1, 0.15) is 6.33 Å². The summed E-state index contributed by atoms with van der Waals surface area (Å²) in [6, 6.07) is 27.8. The molecule has 6 rings (SSSR count). The summed E-state index contributed by atoms with van der Waals surface area (Å²) in [4.78, 5) is 21.1. The molecular formula is C46H53IrN2O2S-. The van der Waals surface area contributed by atoms with E-state index in [1.54, 1.807) is 17.7 Å². The molecule has 0 amide bonds. The topological polar surface area (TPSA) is 63.1 Å². The maximum absolute atomic E-state index is 11.7. The SMILES string of the molecule is CCC(CC)C(=O)/C=C(\O)C(CC)CC.Cc1cc(CC(C)(C)C)ccc1-c1cc2sc3c(-c4[c-]c5ccccc5cc4)ncnc3c2cc1C.[Ir]. The average molecular weight is 890 g/mol. The normalized spacial score (nSPS) is 12.0. The van der Waals surface area contributed by atoms with Crippen LogP contribution in [0.3, 0.4) is 0 Å². The van der Waals surface area contributed by atoms with Crippen LogP contribution in [0.1, 0.15) is 90.8 Å². The van der Waals surface area contributed by atoms with E-state index in [0.29, 0.717) is 0 Å². The minimum atomic E-state index is 0. The van der Waals surface area contributed by atoms with Crippen molar-refractivity contribution in [2.45, 2.75) is 94.4 Å². The van der Waals surface area contributed by atoms with E-state index in [9.17, 15) is 9.90 Å². The monoisotopic (exact) mass is 890 g/mol. The molecule has 6 aromatic rings. The third-order valence-electron chi connectivity index (χ3n) is 9.91. The molecule has 4 nitrogen and oxygen atoms in total. The number of aliphatic hydroxyl groups is 1. The minimum Gasteiger partial charge on any atom is -0.512 e. The van der Waals surface area contributed by atoms with Gasteiger partial charge in [-0.15, -0.1) is 41.0 Å². The van der Waals surface area contributed by atoms with Gasteiger partial charge in [0.05, 0.1) is 11.3 Å². The Kier molecular flexibility index (Phi) is 14.1. The van der Waals surface area contributed by atoms with Gasteiger partial charge in [0.15, 0.2) is 5.78 Å². The molecular weight excluding hydrogens is 837 g/mol. The number of aromatic nitrogens is 2. The maximum Gasteiger partial charge on any atom is 0.162 e. The Hall–Kier alpha value is -3.70. The summed E-state index contributed by atoms with van der Waals surface area (Å²) >= 11 is 1.78. The molecule has 0 spiro atoms. The third kappa shape index (κ3) is 9.44. The van der Waals surface area contributed by atoms with Crippen molar-refractivity contribution in [2.24, 2.45) is 17.3 Å². The van der Waals surface area contributed by atoms with Crippen molar-refractivity contribution in [2.75, 3.05) is 0 Å². The Bertz CT molecular complexity index is 2190. The number of benzene rings is 4. The molecule has 0 saturated carbocycles. The second-order valence-corrected chi connectivity index (χ2v) is 16.1. The van der Waals surface area contributed by atoms with Crippen molar-refractivity contribution in [3.8, 4) is 22.4 Å². The number of fused-ring (bicyclic) bond motifs is 4. The second-order valence-electron chi connectivity index (χ2n) is 15.0. The van der Waals surface area contributed by atoms with Gasteiger partial charge in [-0.3, -0.25) is 9.78 Å². The molecule has 6 heteroatoms. The average Bonchev–Trinajstić information content (AvgIpc) is 3.46. The van der Waals surface area contributed by atoms with Gasteiger partial charge in [-0.2, -0.15) is 0 Å². The summed E-state index contributed by atoms with van der Waals surface area (Å²) in [6.07, 6.45) is 7.67. The Morgan fingerprint density at radius 2 is 1.52 bits per heavy atom. The standard InChI is InChI=1S/C33H29N2S.C13H24O2.Ir/c1-20-14-22(18-33(3,4)5)10-13-26(20)27-17-29-28(15-21(27)2)31-32(36-29)30(34-19-35-31)25-12-11-23-8-6-7-9-24(23)16-25;1-5-10(6-2)12(14)9-13(15)11(7-3)8-4;/h6-15,17,19H,18H2,1-5H3;9-11,14H,5-8H2,1-4H3;/q-1;;/b;12-9-;. The van der Waals surface area contributed by atoms with Crippen molar-refractivity contribution < 1.29 is 30.0 Å². The predicted molar refractivity (Wildman–Crippen MR) is 219 cm³/mol. The van der Waals surface area contributed by atoms with Crippen LogP contribution in [0.15, 0.2) is 84.9 Å². The van der Waals surface area contributed by atoms with Crippen LogP contribution in [0, 0.1) is 37.2 Å². The zero-order valence-corrected chi connectivity index (χ0v) is 35.4. The number of nitrogens with zero attached hydrogens (tertiary/aromatic N) is 2. The molecule has 4 aromatic carbocycles. The number of thiophene rings is 1. The first-order valence-electron chi connectivity index (χ1n) is 18.5. The number of allylic oxidation sites excluding steroid dienone is 2. The van der Waals surface area contributed by atoms with E-state index in [4.69, 9.17) is 9.97 Å². The van der Waals surface area contributed by atoms with Crippen molar-refractivity contribution >= 4 is 48.2 Å².